The minimum Gasteiger partial charge on any atom is -0.353 e. The van der Waals surface area contributed by atoms with Crippen molar-refractivity contribution in [2.75, 3.05) is 6.61 Å². The predicted octanol–water partition coefficient (Wildman–Crippen LogP) is 5.04. The van der Waals surface area contributed by atoms with E-state index in [4.69, 9.17) is 9.47 Å². The average molecular weight is 371 g/mol. The van der Waals surface area contributed by atoms with Crippen molar-refractivity contribution in [3.8, 4) is 0 Å². The van der Waals surface area contributed by atoms with E-state index in [9.17, 15) is 4.79 Å². The van der Waals surface area contributed by atoms with E-state index in [1.54, 1.807) is 0 Å². The molecule has 0 bridgehead atoms. The van der Waals surface area contributed by atoms with E-state index in [-0.39, 0.29) is 11.7 Å². The Morgan fingerprint density at radius 3 is 2.89 bits per heavy atom. The Hall–Kier alpha value is -0.670. The number of hydrogen-bond donors (Lipinski definition) is 0. The van der Waals surface area contributed by atoms with Crippen LogP contribution < -0.4 is 0 Å². The van der Waals surface area contributed by atoms with Crippen molar-refractivity contribution in [3.63, 3.8) is 0 Å². The summed E-state index contributed by atoms with van der Waals surface area (Å²) in [5.74, 6) is 2.63. The van der Waals surface area contributed by atoms with Gasteiger partial charge in [-0.25, -0.2) is 0 Å². The molecule has 1 aliphatic heterocycles. The van der Waals surface area contributed by atoms with E-state index in [2.05, 4.69) is 19.1 Å². The third-order valence-electron chi connectivity index (χ3n) is 9.87. The van der Waals surface area contributed by atoms with Gasteiger partial charge in [0, 0.05) is 18.4 Å². The maximum absolute atomic E-state index is 12.6. The monoisotopic (exact) mass is 370 g/mol. The fraction of sp³-hybridized carbons (Fsp3) is 0.875. The van der Waals surface area contributed by atoms with Crippen LogP contribution in [0.4, 0.5) is 0 Å². The lowest BCUT2D eigenvalue weighted by molar-refractivity contribution is -0.199. The number of hydrogen-bond acceptors (Lipinski definition) is 3. The molecule has 0 amide bonds. The topological polar surface area (TPSA) is 35.5 Å². The highest BCUT2D eigenvalue weighted by atomic mass is 16.7. The minimum absolute atomic E-state index is 0.0182. The quantitative estimate of drug-likeness (QED) is 0.639. The van der Waals surface area contributed by atoms with Crippen LogP contribution in [-0.2, 0) is 14.3 Å². The van der Waals surface area contributed by atoms with Gasteiger partial charge in [-0.1, -0.05) is 19.1 Å². The van der Waals surface area contributed by atoms with E-state index in [0.29, 0.717) is 34.6 Å². The molecule has 0 aromatic carbocycles. The molecule has 0 aromatic heterocycles. The molecule has 8 atom stereocenters. The molecule has 4 saturated carbocycles. The van der Waals surface area contributed by atoms with Gasteiger partial charge < -0.3 is 9.47 Å². The molecule has 5 fully saturated rings. The number of carbonyl (C=O) groups excluding carboxylic acids is 1. The second kappa shape index (κ2) is 5.69. The molecule has 0 aromatic rings. The summed E-state index contributed by atoms with van der Waals surface area (Å²) in [5, 5.41) is 0. The van der Waals surface area contributed by atoms with Gasteiger partial charge in [-0.15, -0.1) is 0 Å². The van der Waals surface area contributed by atoms with E-state index in [1.165, 1.54) is 44.9 Å². The zero-order chi connectivity index (χ0) is 18.3. The first-order valence-corrected chi connectivity index (χ1v) is 11.6. The summed E-state index contributed by atoms with van der Waals surface area (Å²) in [5.41, 5.74) is 0.921. The van der Waals surface area contributed by atoms with Crippen LogP contribution in [0.25, 0.3) is 0 Å². The Balaban J connectivity index is 1.22. The van der Waals surface area contributed by atoms with Gasteiger partial charge in [0.2, 0.25) is 0 Å². The summed E-state index contributed by atoms with van der Waals surface area (Å²) in [6.07, 6.45) is 18.6. The van der Waals surface area contributed by atoms with Gasteiger partial charge in [0.1, 0.15) is 5.78 Å². The molecular weight excluding hydrogens is 336 g/mol. The fourth-order valence-corrected chi connectivity index (χ4v) is 8.36. The van der Waals surface area contributed by atoms with Crippen molar-refractivity contribution in [2.24, 2.45) is 34.0 Å². The molecule has 6 aliphatic rings. The number of carbonyl (C=O) groups is 1. The third-order valence-corrected chi connectivity index (χ3v) is 9.87. The van der Waals surface area contributed by atoms with Gasteiger partial charge in [0.25, 0.3) is 0 Å². The highest BCUT2D eigenvalue weighted by Crippen LogP contribution is 2.81. The minimum atomic E-state index is -0.0182. The van der Waals surface area contributed by atoms with Gasteiger partial charge in [-0.05, 0) is 92.8 Å². The Morgan fingerprint density at radius 2 is 2.04 bits per heavy atom. The van der Waals surface area contributed by atoms with Gasteiger partial charge in [-0.2, -0.15) is 0 Å². The van der Waals surface area contributed by atoms with E-state index >= 15 is 0 Å². The van der Waals surface area contributed by atoms with Crippen LogP contribution in [0.15, 0.2) is 12.2 Å². The Kier molecular flexibility index (Phi) is 3.63. The number of ketones is 1. The summed E-state index contributed by atoms with van der Waals surface area (Å²) in [6.45, 7) is 3.15. The van der Waals surface area contributed by atoms with Gasteiger partial charge in [0.15, 0.2) is 6.29 Å². The predicted molar refractivity (Wildman–Crippen MR) is 103 cm³/mol. The molecule has 27 heavy (non-hydrogen) atoms. The highest BCUT2D eigenvalue weighted by molar-refractivity contribution is 5.87. The molecule has 0 spiro atoms. The summed E-state index contributed by atoms with van der Waals surface area (Å²) in [6, 6.07) is 0. The summed E-state index contributed by atoms with van der Waals surface area (Å²) in [4.78, 5) is 12.6. The average Bonchev–Trinajstić information content (AvgIpc) is 3.28. The number of allylic oxidation sites excluding steroid dienone is 2. The molecule has 6 rings (SSSR count). The lowest BCUT2D eigenvalue weighted by Crippen LogP contribution is -2.48. The second-order valence-electron chi connectivity index (χ2n) is 10.9. The maximum atomic E-state index is 12.6. The number of Topliss-reactive ketones (excluding diaryl/α,β-unsaturated/α-hetero) is 1. The van der Waals surface area contributed by atoms with E-state index in [0.717, 1.165) is 38.2 Å². The largest absolute Gasteiger partial charge is 0.353 e. The standard InChI is InChI=1S/C24H34O3/c1-22-10-9-19-17(18(22)5-6-20(22)25)8-11-23-14-16(7-12-24(19,23)15-23)27-21-4-2-3-13-26-21/h8,11,16-19,21H,2-7,9-10,12-15H2,1H3/t16-,17-,18-,19-,21?,22-,23+,24-/m0/s1. The van der Waals surface area contributed by atoms with Crippen molar-refractivity contribution < 1.29 is 14.3 Å². The van der Waals surface area contributed by atoms with Gasteiger partial charge in [0.05, 0.1) is 6.10 Å². The smallest absolute Gasteiger partial charge is 0.157 e. The first-order chi connectivity index (χ1) is 13.1. The van der Waals surface area contributed by atoms with E-state index in [1.807, 2.05) is 0 Å². The molecule has 3 nitrogen and oxygen atoms in total. The Morgan fingerprint density at radius 1 is 1.11 bits per heavy atom. The zero-order valence-electron chi connectivity index (χ0n) is 16.8. The Labute approximate surface area is 163 Å². The normalized spacial score (nSPS) is 56.0. The van der Waals surface area contributed by atoms with Crippen molar-refractivity contribution in [3.05, 3.63) is 12.2 Å². The third kappa shape index (κ3) is 2.25. The molecule has 5 aliphatic carbocycles. The molecule has 1 saturated heterocycles. The maximum Gasteiger partial charge on any atom is 0.157 e. The number of fused-ring (bicyclic) bond motifs is 3. The molecule has 1 unspecified atom stereocenters. The van der Waals surface area contributed by atoms with Crippen molar-refractivity contribution in [1.82, 2.24) is 0 Å². The van der Waals surface area contributed by atoms with Crippen LogP contribution in [0, 0.1) is 34.0 Å². The molecule has 0 N–H and O–H groups in total. The van der Waals surface area contributed by atoms with Crippen LogP contribution in [0.2, 0.25) is 0 Å². The van der Waals surface area contributed by atoms with Crippen LogP contribution in [-0.4, -0.2) is 24.8 Å². The van der Waals surface area contributed by atoms with Crippen LogP contribution in [0.5, 0.6) is 0 Å². The molecule has 3 heteroatoms. The second-order valence-corrected chi connectivity index (χ2v) is 10.9. The fourth-order valence-electron chi connectivity index (χ4n) is 8.36. The van der Waals surface area contributed by atoms with Crippen LogP contribution in [0.3, 0.4) is 0 Å². The van der Waals surface area contributed by atoms with Crippen molar-refractivity contribution in [2.45, 2.75) is 89.9 Å². The summed E-state index contributed by atoms with van der Waals surface area (Å²) < 4.78 is 12.2. The van der Waals surface area contributed by atoms with E-state index < -0.39 is 0 Å². The van der Waals surface area contributed by atoms with Gasteiger partial charge in [-0.3, -0.25) is 4.79 Å². The van der Waals surface area contributed by atoms with Crippen LogP contribution in [0.1, 0.15) is 77.6 Å². The Bertz CT molecular complexity index is 679. The highest BCUT2D eigenvalue weighted by Gasteiger charge is 2.74. The van der Waals surface area contributed by atoms with Crippen molar-refractivity contribution in [1.29, 1.82) is 0 Å². The lowest BCUT2D eigenvalue weighted by atomic mass is 9.52. The molecule has 0 radical (unpaired) electrons. The summed E-state index contributed by atoms with van der Waals surface area (Å²) in [7, 11) is 0. The first kappa shape index (κ1) is 17.2. The SMILES string of the molecule is C[C@]12CC[C@H]3[C@@H](C=C[C@]45C[C@@H](OC6CCCCO6)CC[C@]34C5)[C@@H]1CCC2=O. The van der Waals surface area contributed by atoms with Gasteiger partial charge >= 0.3 is 0 Å². The summed E-state index contributed by atoms with van der Waals surface area (Å²) >= 11 is 0. The molecule has 148 valence electrons. The first-order valence-electron chi connectivity index (χ1n) is 11.6. The molecular formula is C24H34O3. The zero-order valence-corrected chi connectivity index (χ0v) is 16.8. The molecule has 1 heterocycles. The number of ether oxygens (including phenoxy) is 2. The lowest BCUT2D eigenvalue weighted by Gasteiger charge is -2.52. The van der Waals surface area contributed by atoms with Crippen LogP contribution >= 0.6 is 0 Å². The van der Waals surface area contributed by atoms with Crippen molar-refractivity contribution >= 4 is 5.78 Å². The number of rotatable bonds is 2.